The Bertz CT molecular complexity index is 1220. The maximum atomic E-state index is 11.9. The molecular formula is C32H37NO5. The molecule has 6 nitrogen and oxygen atoms in total. The van der Waals surface area contributed by atoms with Gasteiger partial charge in [0.05, 0.1) is 13.2 Å². The zero-order chi connectivity index (χ0) is 26.7. The molecule has 0 radical (unpaired) electrons. The molecule has 0 bridgehead atoms. The van der Waals surface area contributed by atoms with Gasteiger partial charge in [-0.1, -0.05) is 38.5 Å². The lowest BCUT2D eigenvalue weighted by Gasteiger charge is -2.26. The Labute approximate surface area is 225 Å². The minimum atomic E-state index is -0.883. The lowest BCUT2D eigenvalue weighted by Crippen LogP contribution is -2.19. The molecule has 0 atom stereocenters. The predicted molar refractivity (Wildman–Crippen MR) is 153 cm³/mol. The fourth-order valence-corrected chi connectivity index (χ4v) is 4.40. The van der Waals surface area contributed by atoms with Crippen molar-refractivity contribution >= 4 is 23.4 Å². The molecule has 4 rings (SSSR count). The van der Waals surface area contributed by atoms with E-state index in [1.807, 2.05) is 48.5 Å². The zero-order valence-corrected chi connectivity index (χ0v) is 22.3. The third-order valence-corrected chi connectivity index (χ3v) is 6.48. The molecule has 3 aromatic carbocycles. The molecular weight excluding hydrogens is 478 g/mol. The standard InChI is InChI=1S/C32H37NO5/c1-3-5-19-36-20-21-38-29-11-6-24(7-12-29)25-8-15-31-27(22-25)23-26(32(34)35)16-17-33(31)28-9-13-30(14-10-28)37-18-4-2/h6-15,22-23H,3-5,16-21H2,1-2H3,(H,34,35). The van der Waals surface area contributed by atoms with Crippen LogP contribution in [-0.2, 0) is 9.53 Å². The summed E-state index contributed by atoms with van der Waals surface area (Å²) in [4.78, 5) is 14.1. The predicted octanol–water partition coefficient (Wildman–Crippen LogP) is 7.35. The number of carboxylic acids is 1. The molecule has 0 aromatic heterocycles. The molecule has 1 aliphatic heterocycles. The number of hydrogen-bond acceptors (Lipinski definition) is 5. The van der Waals surface area contributed by atoms with Crippen LogP contribution in [0.4, 0.5) is 11.4 Å². The van der Waals surface area contributed by atoms with E-state index in [0.29, 0.717) is 38.4 Å². The summed E-state index contributed by atoms with van der Waals surface area (Å²) < 4.78 is 17.1. The summed E-state index contributed by atoms with van der Waals surface area (Å²) in [7, 11) is 0. The monoisotopic (exact) mass is 515 g/mol. The molecule has 38 heavy (non-hydrogen) atoms. The normalized spacial score (nSPS) is 12.9. The smallest absolute Gasteiger partial charge is 0.331 e. The second-order valence-corrected chi connectivity index (χ2v) is 9.33. The first kappa shape index (κ1) is 27.3. The van der Waals surface area contributed by atoms with E-state index >= 15 is 0 Å². The summed E-state index contributed by atoms with van der Waals surface area (Å²) in [6, 6.07) is 22.2. The summed E-state index contributed by atoms with van der Waals surface area (Å²) in [6.07, 6.45) is 5.39. The van der Waals surface area contributed by atoms with Gasteiger partial charge in [0.1, 0.15) is 18.1 Å². The average Bonchev–Trinajstić information content (AvgIpc) is 3.14. The van der Waals surface area contributed by atoms with Gasteiger partial charge in [-0.3, -0.25) is 0 Å². The number of ether oxygens (including phenoxy) is 3. The van der Waals surface area contributed by atoms with Crippen LogP contribution in [-0.4, -0.2) is 44.0 Å². The molecule has 200 valence electrons. The molecule has 1 N–H and O–H groups in total. The molecule has 0 aliphatic carbocycles. The molecule has 0 spiro atoms. The number of carboxylic acid groups (broad SMARTS) is 1. The molecule has 3 aromatic rings. The van der Waals surface area contributed by atoms with Crippen LogP contribution < -0.4 is 14.4 Å². The van der Waals surface area contributed by atoms with Crippen LogP contribution in [0, 0.1) is 0 Å². The van der Waals surface area contributed by atoms with Gasteiger partial charge < -0.3 is 24.2 Å². The van der Waals surface area contributed by atoms with Crippen molar-refractivity contribution < 1.29 is 24.1 Å². The maximum Gasteiger partial charge on any atom is 0.331 e. The summed E-state index contributed by atoms with van der Waals surface area (Å²) in [5, 5.41) is 9.79. The van der Waals surface area contributed by atoms with Gasteiger partial charge in [-0.15, -0.1) is 0 Å². The zero-order valence-electron chi connectivity index (χ0n) is 22.3. The Hall–Kier alpha value is -3.77. The second kappa shape index (κ2) is 13.7. The third kappa shape index (κ3) is 7.17. The number of fused-ring (bicyclic) bond motifs is 1. The molecule has 0 amide bonds. The Balaban J connectivity index is 1.53. The van der Waals surface area contributed by atoms with Crippen LogP contribution in [0.15, 0.2) is 72.3 Å². The highest BCUT2D eigenvalue weighted by molar-refractivity contribution is 5.95. The van der Waals surface area contributed by atoms with Crippen molar-refractivity contribution in [3.63, 3.8) is 0 Å². The van der Waals surface area contributed by atoms with E-state index in [1.165, 1.54) is 0 Å². The van der Waals surface area contributed by atoms with E-state index in [4.69, 9.17) is 14.2 Å². The van der Waals surface area contributed by atoms with Gasteiger partial charge in [0.15, 0.2) is 0 Å². The highest BCUT2D eigenvalue weighted by Crippen LogP contribution is 2.37. The average molecular weight is 516 g/mol. The lowest BCUT2D eigenvalue weighted by molar-refractivity contribution is -0.132. The Morgan fingerprint density at radius 2 is 1.50 bits per heavy atom. The van der Waals surface area contributed by atoms with Crippen LogP contribution in [0.2, 0.25) is 0 Å². The van der Waals surface area contributed by atoms with Gasteiger partial charge in [-0.05, 0) is 90.6 Å². The van der Waals surface area contributed by atoms with Gasteiger partial charge >= 0.3 is 5.97 Å². The van der Waals surface area contributed by atoms with Crippen molar-refractivity contribution in [1.29, 1.82) is 0 Å². The largest absolute Gasteiger partial charge is 0.494 e. The van der Waals surface area contributed by atoms with E-state index in [-0.39, 0.29) is 0 Å². The third-order valence-electron chi connectivity index (χ3n) is 6.48. The Morgan fingerprint density at radius 1 is 0.816 bits per heavy atom. The minimum Gasteiger partial charge on any atom is -0.494 e. The fraction of sp³-hybridized carbons (Fsp3) is 0.344. The number of benzene rings is 3. The summed E-state index contributed by atoms with van der Waals surface area (Å²) in [5.74, 6) is 0.752. The molecule has 0 fully saturated rings. The van der Waals surface area contributed by atoms with Crippen LogP contribution >= 0.6 is 0 Å². The molecule has 0 saturated carbocycles. The Kier molecular flexibility index (Phi) is 9.82. The molecule has 0 unspecified atom stereocenters. The van der Waals surface area contributed by atoms with E-state index in [2.05, 4.69) is 36.9 Å². The number of anilines is 2. The Morgan fingerprint density at radius 3 is 2.18 bits per heavy atom. The van der Waals surface area contributed by atoms with E-state index in [9.17, 15) is 9.90 Å². The summed E-state index contributed by atoms with van der Waals surface area (Å²) in [6.45, 7) is 7.35. The summed E-state index contributed by atoms with van der Waals surface area (Å²) >= 11 is 0. The van der Waals surface area contributed by atoms with E-state index in [1.54, 1.807) is 6.08 Å². The highest BCUT2D eigenvalue weighted by atomic mass is 16.5. The second-order valence-electron chi connectivity index (χ2n) is 9.33. The van der Waals surface area contributed by atoms with Gasteiger partial charge in [0.25, 0.3) is 0 Å². The number of unbranched alkanes of at least 4 members (excludes halogenated alkanes) is 1. The number of hydrogen-bond donors (Lipinski definition) is 1. The molecule has 6 heteroatoms. The first-order valence-corrected chi connectivity index (χ1v) is 13.5. The highest BCUT2D eigenvalue weighted by Gasteiger charge is 2.21. The quantitative estimate of drug-likeness (QED) is 0.240. The molecule has 1 heterocycles. The van der Waals surface area contributed by atoms with Crippen LogP contribution in [0.5, 0.6) is 11.5 Å². The van der Waals surface area contributed by atoms with E-state index in [0.717, 1.165) is 65.4 Å². The number of nitrogens with zero attached hydrogens (tertiary/aromatic N) is 1. The van der Waals surface area contributed by atoms with Crippen molar-refractivity contribution in [2.75, 3.05) is 37.9 Å². The fourth-order valence-electron chi connectivity index (χ4n) is 4.40. The van der Waals surface area contributed by atoms with Crippen molar-refractivity contribution in [3.8, 4) is 22.6 Å². The first-order valence-electron chi connectivity index (χ1n) is 13.5. The van der Waals surface area contributed by atoms with E-state index < -0.39 is 5.97 Å². The van der Waals surface area contributed by atoms with Gasteiger partial charge in [-0.25, -0.2) is 4.79 Å². The van der Waals surface area contributed by atoms with Gasteiger partial charge in [0, 0.05) is 30.1 Å². The molecule has 0 saturated heterocycles. The van der Waals surface area contributed by atoms with Crippen LogP contribution in [0.3, 0.4) is 0 Å². The van der Waals surface area contributed by atoms with Crippen molar-refractivity contribution in [3.05, 3.63) is 77.9 Å². The number of carbonyl (C=O) groups is 1. The lowest BCUT2D eigenvalue weighted by atomic mass is 10.00. The van der Waals surface area contributed by atoms with Gasteiger partial charge in [0.2, 0.25) is 0 Å². The maximum absolute atomic E-state index is 11.9. The number of aliphatic carboxylic acids is 1. The SMILES string of the molecule is CCCCOCCOc1ccc(-c2ccc3c(c2)C=C(C(=O)O)CCN3c2ccc(OCCC)cc2)cc1. The van der Waals surface area contributed by atoms with Crippen molar-refractivity contribution in [2.24, 2.45) is 0 Å². The first-order chi connectivity index (χ1) is 18.6. The number of rotatable bonds is 13. The minimum absolute atomic E-state index is 0.402. The molecule has 1 aliphatic rings. The van der Waals surface area contributed by atoms with Crippen LogP contribution in [0.25, 0.3) is 17.2 Å². The van der Waals surface area contributed by atoms with Crippen molar-refractivity contribution in [2.45, 2.75) is 39.5 Å². The van der Waals surface area contributed by atoms with Gasteiger partial charge in [-0.2, -0.15) is 0 Å². The van der Waals surface area contributed by atoms with Crippen molar-refractivity contribution in [1.82, 2.24) is 0 Å². The summed E-state index contributed by atoms with van der Waals surface area (Å²) in [5.41, 5.74) is 5.33. The van der Waals surface area contributed by atoms with Crippen LogP contribution in [0.1, 0.15) is 45.1 Å². The topological polar surface area (TPSA) is 68.2 Å².